The molecule has 0 saturated heterocycles. The van der Waals surface area contributed by atoms with Gasteiger partial charge in [-0.1, -0.05) is 170 Å². The van der Waals surface area contributed by atoms with Gasteiger partial charge in [0.2, 0.25) is 0 Å². The number of hydrogen-bond acceptors (Lipinski definition) is 1. The fraction of sp³-hybridized carbons (Fsp3) is 0. The fourth-order valence-electron chi connectivity index (χ4n) is 8.83. The minimum atomic E-state index is 0.911. The lowest BCUT2D eigenvalue weighted by molar-refractivity contribution is 1.18. The van der Waals surface area contributed by atoms with Crippen molar-refractivity contribution < 1.29 is 0 Å². The number of nitrogens with zero attached hydrogens (tertiary/aromatic N) is 2. The summed E-state index contributed by atoms with van der Waals surface area (Å²) in [5, 5.41) is 4.97. The van der Waals surface area contributed by atoms with Crippen LogP contribution in [0.4, 0.5) is 17.1 Å². The highest BCUT2D eigenvalue weighted by molar-refractivity contribution is 6.16. The molecule has 0 saturated carbocycles. The molecule has 0 unspecified atom stereocenters. The van der Waals surface area contributed by atoms with Gasteiger partial charge in [-0.3, -0.25) is 0 Å². The third kappa shape index (κ3) is 6.27. The first-order valence-corrected chi connectivity index (χ1v) is 20.4. The molecule has 11 aromatic rings. The second-order valence-corrected chi connectivity index (χ2v) is 15.2. The lowest BCUT2D eigenvalue weighted by Crippen LogP contribution is -2.09. The molecule has 0 amide bonds. The maximum Gasteiger partial charge on any atom is 0.0979 e. The predicted octanol–water partition coefficient (Wildman–Crippen LogP) is 15.7. The zero-order valence-electron chi connectivity index (χ0n) is 32.8. The van der Waals surface area contributed by atoms with Crippen molar-refractivity contribution in [2.75, 3.05) is 4.90 Å². The smallest absolute Gasteiger partial charge is 0.0979 e. The van der Waals surface area contributed by atoms with Crippen LogP contribution in [0.25, 0.3) is 82.8 Å². The zero-order chi connectivity index (χ0) is 39.8. The Labute approximate surface area is 350 Å². The van der Waals surface area contributed by atoms with E-state index in [0.29, 0.717) is 0 Å². The number of benzene rings is 9. The highest BCUT2D eigenvalue weighted by atomic mass is 15.1. The third-order valence-corrected chi connectivity index (χ3v) is 11.6. The molecule has 2 nitrogen and oxygen atoms in total. The van der Waals surface area contributed by atoms with Crippen LogP contribution < -0.4 is 4.90 Å². The molecule has 0 aliphatic heterocycles. The molecule has 0 fully saturated rings. The topological polar surface area (TPSA) is 8.17 Å². The molecule has 60 heavy (non-hydrogen) atoms. The van der Waals surface area contributed by atoms with Gasteiger partial charge in [0.15, 0.2) is 0 Å². The summed E-state index contributed by atoms with van der Waals surface area (Å²) < 4.78 is 2.38. The summed E-state index contributed by atoms with van der Waals surface area (Å²) >= 11 is 0. The number of rotatable bonds is 8. The van der Waals surface area contributed by atoms with Crippen LogP contribution in [0, 0.1) is 12.1 Å². The van der Waals surface area contributed by atoms with Gasteiger partial charge in [0.05, 0.1) is 16.7 Å². The Bertz CT molecular complexity index is 3300. The van der Waals surface area contributed by atoms with Crippen molar-refractivity contribution in [1.29, 1.82) is 0 Å². The van der Waals surface area contributed by atoms with Gasteiger partial charge in [-0.25, -0.2) is 0 Å². The van der Waals surface area contributed by atoms with E-state index in [1.807, 2.05) is 6.07 Å². The normalized spacial score (nSPS) is 11.2. The van der Waals surface area contributed by atoms with Gasteiger partial charge in [0.25, 0.3) is 0 Å². The first-order chi connectivity index (χ1) is 29.8. The van der Waals surface area contributed by atoms with E-state index in [1.54, 1.807) is 0 Å². The summed E-state index contributed by atoms with van der Waals surface area (Å²) in [6.45, 7) is 0. The highest BCUT2D eigenvalue weighted by Gasteiger charge is 2.18. The zero-order valence-corrected chi connectivity index (χ0v) is 32.8. The van der Waals surface area contributed by atoms with E-state index in [9.17, 15) is 0 Å². The van der Waals surface area contributed by atoms with Crippen molar-refractivity contribution in [1.82, 2.24) is 4.57 Å². The van der Waals surface area contributed by atoms with Crippen LogP contribution in [0.5, 0.6) is 0 Å². The molecule has 0 atom stereocenters. The number of anilines is 3. The Hall–Kier alpha value is -8.12. The van der Waals surface area contributed by atoms with Crippen molar-refractivity contribution in [3.05, 3.63) is 243 Å². The average molecular weight is 763 g/mol. The molecule has 0 aliphatic rings. The SMILES string of the molecule is c1cc(-c2cccc(-c3cccc4c3c3ccccc3n4-c3ccccc3)c2)cc(N(c2ccc(-c3cccc4ccccc34)cc2)c2cccc(-c3ccccc3)c2)c#1. The van der Waals surface area contributed by atoms with Gasteiger partial charge in [-0.15, -0.1) is 0 Å². The Kier molecular flexibility index (Phi) is 8.77. The Morgan fingerprint density at radius 3 is 1.83 bits per heavy atom. The van der Waals surface area contributed by atoms with Gasteiger partial charge in [0.1, 0.15) is 0 Å². The molecule has 0 radical (unpaired) electrons. The minimum Gasteiger partial charge on any atom is -0.309 e. The maximum absolute atomic E-state index is 3.51. The van der Waals surface area contributed by atoms with Crippen molar-refractivity contribution in [3.8, 4) is 50.2 Å². The van der Waals surface area contributed by atoms with E-state index in [2.05, 4.69) is 246 Å². The second kappa shape index (κ2) is 15.0. The molecule has 0 N–H and O–H groups in total. The van der Waals surface area contributed by atoms with Gasteiger partial charge < -0.3 is 9.47 Å². The van der Waals surface area contributed by atoms with E-state index in [4.69, 9.17) is 0 Å². The molecule has 11 rings (SSSR count). The molecule has 1 aromatic heterocycles. The monoisotopic (exact) mass is 762 g/mol. The van der Waals surface area contributed by atoms with Gasteiger partial charge in [-0.2, -0.15) is 0 Å². The van der Waals surface area contributed by atoms with Crippen LogP contribution in [0.3, 0.4) is 0 Å². The Morgan fingerprint density at radius 1 is 0.367 bits per heavy atom. The second-order valence-electron chi connectivity index (χ2n) is 15.2. The maximum atomic E-state index is 3.51. The average Bonchev–Trinajstić information content (AvgIpc) is 3.67. The van der Waals surface area contributed by atoms with Gasteiger partial charge >= 0.3 is 0 Å². The summed E-state index contributed by atoms with van der Waals surface area (Å²) in [7, 11) is 0. The summed E-state index contributed by atoms with van der Waals surface area (Å²) in [5.74, 6) is 0. The molecular formula is C58H38N2. The molecular weight excluding hydrogens is 725 g/mol. The summed E-state index contributed by atoms with van der Waals surface area (Å²) in [6, 6.07) is 89.5. The predicted molar refractivity (Wildman–Crippen MR) is 252 cm³/mol. The quantitative estimate of drug-likeness (QED) is 0.150. The highest BCUT2D eigenvalue weighted by Crippen LogP contribution is 2.41. The third-order valence-electron chi connectivity index (χ3n) is 11.6. The van der Waals surface area contributed by atoms with Crippen molar-refractivity contribution in [2.24, 2.45) is 0 Å². The fourth-order valence-corrected chi connectivity index (χ4v) is 8.83. The van der Waals surface area contributed by atoms with E-state index < -0.39 is 0 Å². The number of para-hydroxylation sites is 2. The number of hydrogen-bond donors (Lipinski definition) is 0. The van der Waals surface area contributed by atoms with Crippen molar-refractivity contribution in [2.45, 2.75) is 0 Å². The van der Waals surface area contributed by atoms with Crippen LogP contribution in [0.2, 0.25) is 0 Å². The van der Waals surface area contributed by atoms with Crippen LogP contribution in [-0.2, 0) is 0 Å². The van der Waals surface area contributed by atoms with Crippen molar-refractivity contribution in [3.63, 3.8) is 0 Å². The van der Waals surface area contributed by atoms with E-state index in [-0.39, 0.29) is 0 Å². The van der Waals surface area contributed by atoms with E-state index in [0.717, 1.165) is 39.4 Å². The standard InChI is InChI=1S/C58H38N2/c1-3-16-41(17-4-1)45-21-12-26-50(39-45)59(49-36-34-43(35-37-49)53-30-14-19-42-18-7-8-28-52(42)53)51-27-13-22-46(40-51)44-20-11-23-47(38-44)54-31-15-33-57-58(54)55-29-9-10-32-56(55)60(57)48-24-5-2-6-25-48/h1-12,14-26,28-40H. The van der Waals surface area contributed by atoms with Crippen LogP contribution in [-0.4, -0.2) is 4.57 Å². The van der Waals surface area contributed by atoms with Gasteiger partial charge in [-0.05, 0) is 128 Å². The largest absolute Gasteiger partial charge is 0.309 e. The molecule has 0 bridgehead atoms. The molecule has 280 valence electrons. The lowest BCUT2D eigenvalue weighted by Gasteiger charge is -2.25. The Balaban J connectivity index is 1.02. The number of aromatic nitrogens is 1. The van der Waals surface area contributed by atoms with Gasteiger partial charge in [0, 0.05) is 27.8 Å². The first kappa shape index (κ1) is 35.1. The number of fused-ring (bicyclic) bond motifs is 4. The first-order valence-electron chi connectivity index (χ1n) is 20.4. The summed E-state index contributed by atoms with van der Waals surface area (Å²) in [5.41, 5.74) is 15.8. The van der Waals surface area contributed by atoms with E-state index in [1.165, 1.54) is 60.4 Å². The molecule has 0 aliphatic carbocycles. The van der Waals surface area contributed by atoms with Crippen LogP contribution in [0.1, 0.15) is 0 Å². The molecule has 0 spiro atoms. The molecule has 10 aromatic carbocycles. The minimum absolute atomic E-state index is 0.911. The van der Waals surface area contributed by atoms with Crippen molar-refractivity contribution >= 4 is 49.6 Å². The summed E-state index contributed by atoms with van der Waals surface area (Å²) in [4.78, 5) is 2.29. The van der Waals surface area contributed by atoms with Crippen LogP contribution >= 0.6 is 0 Å². The van der Waals surface area contributed by atoms with Crippen LogP contribution in [0.15, 0.2) is 231 Å². The van der Waals surface area contributed by atoms with E-state index >= 15 is 0 Å². The lowest BCUT2D eigenvalue weighted by atomic mass is 9.96. The summed E-state index contributed by atoms with van der Waals surface area (Å²) in [6.07, 6.45) is 0. The molecule has 1 heterocycles. The molecule has 2 heteroatoms. The Morgan fingerprint density at radius 2 is 0.983 bits per heavy atom.